The lowest BCUT2D eigenvalue weighted by Gasteiger charge is -2.18. The number of amides is 1. The molecule has 0 saturated heterocycles. The molecule has 25 heavy (non-hydrogen) atoms. The minimum atomic E-state index is -0.219. The molecule has 0 aliphatic rings. The van der Waals surface area contributed by atoms with Crippen molar-refractivity contribution < 1.29 is 19.1 Å². The van der Waals surface area contributed by atoms with Crippen molar-refractivity contribution >= 4 is 18.0 Å². The average molecular weight is 339 g/mol. The van der Waals surface area contributed by atoms with E-state index in [-0.39, 0.29) is 18.3 Å². The van der Waals surface area contributed by atoms with Gasteiger partial charge in [0.2, 0.25) is 0 Å². The lowest BCUT2D eigenvalue weighted by atomic mass is 10.0. The molecular formula is C20H21NO4. The van der Waals surface area contributed by atoms with Crippen LogP contribution in [-0.2, 0) is 4.79 Å². The maximum absolute atomic E-state index is 12.7. The molecule has 0 atom stereocenters. The third kappa shape index (κ3) is 4.32. The lowest BCUT2D eigenvalue weighted by molar-refractivity contribution is -0.109. The maximum Gasteiger partial charge on any atom is 0.253 e. The van der Waals surface area contributed by atoms with Crippen molar-refractivity contribution in [2.24, 2.45) is 0 Å². The number of carbonyl (C=O) groups is 3. The van der Waals surface area contributed by atoms with Gasteiger partial charge in [0.1, 0.15) is 12.4 Å². The molecular weight excluding hydrogens is 318 g/mol. The Kier molecular flexibility index (Phi) is 6.46. The fraction of sp³-hybridized carbons (Fsp3) is 0.250. The summed E-state index contributed by atoms with van der Waals surface area (Å²) in [6.45, 7) is 5.02. The smallest absolute Gasteiger partial charge is 0.253 e. The van der Waals surface area contributed by atoms with E-state index < -0.39 is 0 Å². The molecule has 2 aromatic rings. The molecule has 0 heterocycles. The monoisotopic (exact) mass is 339 g/mol. The van der Waals surface area contributed by atoms with Crippen LogP contribution >= 0.6 is 0 Å². The second-order valence-corrected chi connectivity index (χ2v) is 5.36. The van der Waals surface area contributed by atoms with Crippen LogP contribution in [0.4, 0.5) is 0 Å². The predicted octanol–water partition coefficient (Wildman–Crippen LogP) is 2.98. The summed E-state index contributed by atoms with van der Waals surface area (Å²) in [5, 5.41) is 0. The van der Waals surface area contributed by atoms with Crippen molar-refractivity contribution in [3.05, 3.63) is 65.2 Å². The van der Waals surface area contributed by atoms with Crippen molar-refractivity contribution in [3.63, 3.8) is 0 Å². The maximum atomic E-state index is 12.7. The molecule has 0 radical (unpaired) electrons. The van der Waals surface area contributed by atoms with Gasteiger partial charge in [-0.25, -0.2) is 0 Å². The van der Waals surface area contributed by atoms with E-state index >= 15 is 0 Å². The third-order valence-electron chi connectivity index (χ3n) is 3.88. The Labute approximate surface area is 147 Å². The van der Waals surface area contributed by atoms with Crippen LogP contribution in [0.15, 0.2) is 48.5 Å². The van der Waals surface area contributed by atoms with E-state index in [0.29, 0.717) is 41.8 Å². The van der Waals surface area contributed by atoms with Gasteiger partial charge in [-0.05, 0) is 38.1 Å². The Bertz CT molecular complexity index is 749. The number of aldehydes is 1. The number of hydrogen-bond donors (Lipinski definition) is 0. The number of nitrogens with zero attached hydrogens (tertiary/aromatic N) is 1. The largest absolute Gasteiger partial charge is 0.485 e. The van der Waals surface area contributed by atoms with Crippen molar-refractivity contribution in [1.29, 1.82) is 0 Å². The molecule has 0 saturated carbocycles. The number of benzene rings is 2. The molecule has 0 bridgehead atoms. The highest BCUT2D eigenvalue weighted by Crippen LogP contribution is 2.22. The summed E-state index contributed by atoms with van der Waals surface area (Å²) in [5.41, 5.74) is 1.39. The summed E-state index contributed by atoms with van der Waals surface area (Å²) in [4.78, 5) is 37.2. The van der Waals surface area contributed by atoms with E-state index in [4.69, 9.17) is 4.74 Å². The topological polar surface area (TPSA) is 63.7 Å². The van der Waals surface area contributed by atoms with Crippen molar-refractivity contribution in [1.82, 2.24) is 4.90 Å². The van der Waals surface area contributed by atoms with Gasteiger partial charge in [-0.15, -0.1) is 0 Å². The molecule has 130 valence electrons. The Morgan fingerprint density at radius 1 is 0.960 bits per heavy atom. The molecule has 0 aliphatic heterocycles. The number of ketones is 1. The van der Waals surface area contributed by atoms with Crippen molar-refractivity contribution in [3.8, 4) is 5.75 Å². The summed E-state index contributed by atoms with van der Waals surface area (Å²) in [6.07, 6.45) is 0.634. The van der Waals surface area contributed by atoms with E-state index in [1.54, 1.807) is 53.4 Å². The number of hydrogen-bond acceptors (Lipinski definition) is 4. The zero-order valence-corrected chi connectivity index (χ0v) is 14.4. The van der Waals surface area contributed by atoms with Gasteiger partial charge >= 0.3 is 0 Å². The van der Waals surface area contributed by atoms with Gasteiger partial charge in [-0.2, -0.15) is 0 Å². The Hall–Kier alpha value is -2.95. The summed E-state index contributed by atoms with van der Waals surface area (Å²) >= 11 is 0. The van der Waals surface area contributed by atoms with Crippen LogP contribution in [0, 0.1) is 0 Å². The van der Waals surface area contributed by atoms with Crippen LogP contribution in [0.25, 0.3) is 0 Å². The predicted molar refractivity (Wildman–Crippen MR) is 95.1 cm³/mol. The summed E-state index contributed by atoms with van der Waals surface area (Å²) < 4.78 is 5.30. The minimum absolute atomic E-state index is 0.0567. The summed E-state index contributed by atoms with van der Waals surface area (Å²) in [7, 11) is 0. The minimum Gasteiger partial charge on any atom is -0.485 e. The average Bonchev–Trinajstić information content (AvgIpc) is 2.67. The van der Waals surface area contributed by atoms with Crippen LogP contribution in [0.5, 0.6) is 5.75 Å². The molecule has 2 rings (SSSR count). The number of rotatable bonds is 8. The van der Waals surface area contributed by atoms with E-state index in [9.17, 15) is 14.4 Å². The van der Waals surface area contributed by atoms with E-state index in [2.05, 4.69) is 0 Å². The summed E-state index contributed by atoms with van der Waals surface area (Å²) in [5.74, 6) is 0.0879. The third-order valence-corrected chi connectivity index (χ3v) is 3.88. The number of para-hydroxylation sites is 1. The zero-order valence-electron chi connectivity index (χ0n) is 14.4. The van der Waals surface area contributed by atoms with Gasteiger partial charge in [-0.3, -0.25) is 14.4 Å². The molecule has 0 spiro atoms. The molecule has 0 aliphatic carbocycles. The number of ether oxygens (including phenoxy) is 1. The van der Waals surface area contributed by atoms with Crippen LogP contribution in [-0.4, -0.2) is 42.6 Å². The first kappa shape index (κ1) is 18.4. The standard InChI is InChI=1S/C20H21NO4/c1-3-21(4-2)20(24)16-11-9-15(10-12-16)19(23)17-7-5-6-8-18(17)25-14-13-22/h5-13H,3-4,14H2,1-2H3. The molecule has 1 amide bonds. The fourth-order valence-electron chi connectivity index (χ4n) is 2.52. The molecule has 0 aromatic heterocycles. The van der Waals surface area contributed by atoms with E-state index in [0.717, 1.165) is 0 Å². The fourth-order valence-corrected chi connectivity index (χ4v) is 2.52. The molecule has 0 N–H and O–H groups in total. The molecule has 5 nitrogen and oxygen atoms in total. The van der Waals surface area contributed by atoms with Crippen LogP contribution < -0.4 is 4.74 Å². The highest BCUT2D eigenvalue weighted by molar-refractivity contribution is 6.11. The van der Waals surface area contributed by atoms with Gasteiger partial charge in [0.15, 0.2) is 12.1 Å². The van der Waals surface area contributed by atoms with E-state index in [1.165, 1.54) is 0 Å². The van der Waals surface area contributed by atoms with Crippen LogP contribution in [0.2, 0.25) is 0 Å². The second kappa shape index (κ2) is 8.78. The van der Waals surface area contributed by atoms with Gasteiger partial charge in [-0.1, -0.05) is 24.3 Å². The zero-order chi connectivity index (χ0) is 18.2. The van der Waals surface area contributed by atoms with Crippen molar-refractivity contribution in [2.75, 3.05) is 19.7 Å². The first-order valence-electron chi connectivity index (χ1n) is 8.21. The highest BCUT2D eigenvalue weighted by atomic mass is 16.5. The molecule has 5 heteroatoms. The van der Waals surface area contributed by atoms with Gasteiger partial charge < -0.3 is 9.64 Å². The molecule has 0 unspecified atom stereocenters. The highest BCUT2D eigenvalue weighted by Gasteiger charge is 2.16. The first-order valence-corrected chi connectivity index (χ1v) is 8.21. The Morgan fingerprint density at radius 3 is 2.16 bits per heavy atom. The quantitative estimate of drug-likeness (QED) is 0.548. The Morgan fingerprint density at radius 2 is 1.56 bits per heavy atom. The molecule has 2 aromatic carbocycles. The second-order valence-electron chi connectivity index (χ2n) is 5.36. The SMILES string of the molecule is CCN(CC)C(=O)c1ccc(C(=O)c2ccccc2OCC=O)cc1. The van der Waals surface area contributed by atoms with E-state index in [1.807, 2.05) is 13.8 Å². The normalized spacial score (nSPS) is 10.2. The van der Waals surface area contributed by atoms with Gasteiger partial charge in [0.05, 0.1) is 5.56 Å². The van der Waals surface area contributed by atoms with Crippen LogP contribution in [0.1, 0.15) is 40.1 Å². The van der Waals surface area contributed by atoms with Crippen molar-refractivity contribution in [2.45, 2.75) is 13.8 Å². The van der Waals surface area contributed by atoms with Gasteiger partial charge in [0.25, 0.3) is 5.91 Å². The molecule has 0 fully saturated rings. The number of carbonyl (C=O) groups excluding carboxylic acids is 3. The first-order chi connectivity index (χ1) is 12.1. The van der Waals surface area contributed by atoms with Crippen LogP contribution in [0.3, 0.4) is 0 Å². The lowest BCUT2D eigenvalue weighted by Crippen LogP contribution is -2.30. The van der Waals surface area contributed by atoms with Gasteiger partial charge in [0, 0.05) is 24.2 Å². The Balaban J connectivity index is 2.24. The summed E-state index contributed by atoms with van der Waals surface area (Å²) in [6, 6.07) is 13.4.